The smallest absolute Gasteiger partial charge is 0.248 e. The Kier molecular flexibility index (Phi) is 8.44. The summed E-state index contributed by atoms with van der Waals surface area (Å²) in [6.45, 7) is 4.36. The van der Waals surface area contributed by atoms with E-state index >= 15 is 0 Å². The normalized spacial score (nSPS) is 10.8. The SMILES string of the molecule is CC(C)=CCc1c(CO)ccc(/C=C/C(=O)Nc2ccccc2N)c1OCc1ccccc1. The van der Waals surface area contributed by atoms with Crippen LogP contribution in [-0.2, 0) is 24.4 Å². The van der Waals surface area contributed by atoms with E-state index in [0.717, 1.165) is 22.3 Å². The largest absolute Gasteiger partial charge is 0.488 e. The van der Waals surface area contributed by atoms with Crippen LogP contribution in [0.5, 0.6) is 5.75 Å². The van der Waals surface area contributed by atoms with Gasteiger partial charge >= 0.3 is 0 Å². The zero-order chi connectivity index (χ0) is 23.6. The first kappa shape index (κ1) is 23.8. The average Bonchev–Trinajstić information content (AvgIpc) is 2.82. The quantitative estimate of drug-likeness (QED) is 0.232. The number of carbonyl (C=O) groups is 1. The van der Waals surface area contributed by atoms with Crippen LogP contribution < -0.4 is 15.8 Å². The molecule has 0 saturated heterocycles. The Hall–Kier alpha value is -3.83. The van der Waals surface area contributed by atoms with Gasteiger partial charge in [-0.2, -0.15) is 0 Å². The summed E-state index contributed by atoms with van der Waals surface area (Å²) in [5, 5.41) is 12.7. The molecule has 5 nitrogen and oxygen atoms in total. The van der Waals surface area contributed by atoms with Gasteiger partial charge in [0.2, 0.25) is 5.91 Å². The van der Waals surface area contributed by atoms with Gasteiger partial charge in [0.05, 0.1) is 18.0 Å². The molecule has 5 heteroatoms. The second-order valence-corrected chi connectivity index (χ2v) is 7.95. The van der Waals surface area contributed by atoms with Gasteiger partial charge in [-0.25, -0.2) is 0 Å². The van der Waals surface area contributed by atoms with E-state index in [9.17, 15) is 9.90 Å². The van der Waals surface area contributed by atoms with E-state index in [-0.39, 0.29) is 12.5 Å². The molecule has 0 aromatic heterocycles. The molecule has 3 aromatic rings. The maximum atomic E-state index is 12.5. The highest BCUT2D eigenvalue weighted by molar-refractivity contribution is 6.03. The van der Waals surface area contributed by atoms with Crippen molar-refractivity contribution in [1.82, 2.24) is 0 Å². The van der Waals surface area contributed by atoms with E-state index < -0.39 is 0 Å². The van der Waals surface area contributed by atoms with Crippen molar-refractivity contribution >= 4 is 23.4 Å². The number of hydrogen-bond donors (Lipinski definition) is 3. The fourth-order valence-electron chi connectivity index (χ4n) is 3.35. The number of nitrogens with two attached hydrogens (primary N) is 1. The van der Waals surface area contributed by atoms with E-state index in [2.05, 4.69) is 11.4 Å². The number of para-hydroxylation sites is 2. The van der Waals surface area contributed by atoms with Crippen LogP contribution in [0.4, 0.5) is 11.4 Å². The zero-order valence-electron chi connectivity index (χ0n) is 19.0. The predicted octanol–water partition coefficient (Wildman–Crippen LogP) is 5.50. The number of aliphatic hydroxyl groups is 1. The van der Waals surface area contributed by atoms with Gasteiger partial charge in [-0.05, 0) is 49.6 Å². The van der Waals surface area contributed by atoms with Gasteiger partial charge in [-0.15, -0.1) is 0 Å². The lowest BCUT2D eigenvalue weighted by Crippen LogP contribution is -2.09. The number of rotatable bonds is 9. The van der Waals surface area contributed by atoms with Crippen molar-refractivity contribution in [3.8, 4) is 5.75 Å². The third-order valence-corrected chi connectivity index (χ3v) is 5.13. The fraction of sp³-hybridized carbons (Fsp3) is 0.179. The maximum Gasteiger partial charge on any atom is 0.248 e. The highest BCUT2D eigenvalue weighted by Gasteiger charge is 2.14. The van der Waals surface area contributed by atoms with Crippen molar-refractivity contribution in [3.63, 3.8) is 0 Å². The molecule has 0 bridgehead atoms. The molecule has 0 saturated carbocycles. The molecule has 3 aromatic carbocycles. The summed E-state index contributed by atoms with van der Waals surface area (Å²) in [5.41, 5.74) is 11.7. The number of aliphatic hydroxyl groups excluding tert-OH is 1. The third-order valence-electron chi connectivity index (χ3n) is 5.13. The second kappa shape index (κ2) is 11.7. The highest BCUT2D eigenvalue weighted by atomic mass is 16.5. The van der Waals surface area contributed by atoms with Crippen molar-refractivity contribution < 1.29 is 14.6 Å². The minimum absolute atomic E-state index is 0.0919. The molecule has 33 heavy (non-hydrogen) atoms. The van der Waals surface area contributed by atoms with E-state index in [1.54, 1.807) is 18.2 Å². The molecule has 1 amide bonds. The molecule has 3 rings (SSSR count). The number of allylic oxidation sites excluding steroid dienone is 2. The minimum Gasteiger partial charge on any atom is -0.488 e. The standard InChI is InChI=1S/C28H30N2O3/c1-20(2)12-16-24-23(18-31)14-13-22(28(24)33-19-21-8-4-3-5-9-21)15-17-27(32)30-26-11-7-6-10-25(26)29/h3-15,17,31H,16,18-19,29H2,1-2H3,(H,30,32)/b17-15+. The molecule has 0 radical (unpaired) electrons. The van der Waals surface area contributed by atoms with Gasteiger partial charge in [0.1, 0.15) is 12.4 Å². The number of nitrogens with one attached hydrogen (secondary N) is 1. The summed E-state index contributed by atoms with van der Waals surface area (Å²) in [5.74, 6) is 0.366. The van der Waals surface area contributed by atoms with Gasteiger partial charge in [0.15, 0.2) is 0 Å². The lowest BCUT2D eigenvalue weighted by atomic mass is 9.98. The summed E-state index contributed by atoms with van der Waals surface area (Å²) < 4.78 is 6.26. The molecule has 0 unspecified atom stereocenters. The van der Waals surface area contributed by atoms with Crippen molar-refractivity contribution in [2.45, 2.75) is 33.5 Å². The number of ether oxygens (including phenoxy) is 1. The number of hydrogen-bond acceptors (Lipinski definition) is 4. The Bertz CT molecular complexity index is 1150. The van der Waals surface area contributed by atoms with E-state index in [4.69, 9.17) is 10.5 Å². The van der Waals surface area contributed by atoms with E-state index in [1.165, 1.54) is 11.6 Å². The van der Waals surface area contributed by atoms with Crippen molar-refractivity contribution in [3.05, 3.63) is 107 Å². The van der Waals surface area contributed by atoms with E-state index in [0.29, 0.717) is 30.2 Å². The summed E-state index contributed by atoms with van der Waals surface area (Å²) in [6.07, 6.45) is 5.90. The number of amides is 1. The van der Waals surface area contributed by atoms with Crippen molar-refractivity contribution in [1.29, 1.82) is 0 Å². The number of benzene rings is 3. The number of carbonyl (C=O) groups excluding carboxylic acids is 1. The van der Waals surface area contributed by atoms with Crippen LogP contribution in [0.3, 0.4) is 0 Å². The van der Waals surface area contributed by atoms with Gasteiger partial charge in [-0.1, -0.05) is 66.2 Å². The third kappa shape index (κ3) is 6.82. The summed E-state index contributed by atoms with van der Waals surface area (Å²) >= 11 is 0. The molecule has 0 heterocycles. The predicted molar refractivity (Wildman–Crippen MR) is 135 cm³/mol. The molecule has 0 spiro atoms. The molecule has 0 aliphatic heterocycles. The van der Waals surface area contributed by atoms with Crippen LogP contribution in [0.2, 0.25) is 0 Å². The Labute approximate surface area is 195 Å². The van der Waals surface area contributed by atoms with Gasteiger partial charge in [-0.3, -0.25) is 4.79 Å². The fourth-order valence-corrected chi connectivity index (χ4v) is 3.35. The summed E-state index contributed by atoms with van der Waals surface area (Å²) in [6, 6.07) is 20.7. The van der Waals surface area contributed by atoms with Crippen LogP contribution in [0, 0.1) is 0 Å². The van der Waals surface area contributed by atoms with Gasteiger partial charge in [0.25, 0.3) is 0 Å². The Balaban J connectivity index is 1.92. The Morgan fingerprint density at radius 3 is 2.45 bits per heavy atom. The maximum absolute atomic E-state index is 12.5. The summed E-state index contributed by atoms with van der Waals surface area (Å²) in [4.78, 5) is 12.5. The monoisotopic (exact) mass is 442 g/mol. The highest BCUT2D eigenvalue weighted by Crippen LogP contribution is 2.31. The molecular formula is C28H30N2O3. The molecular weight excluding hydrogens is 412 g/mol. The van der Waals surface area contributed by atoms with Crippen molar-refractivity contribution in [2.24, 2.45) is 0 Å². The summed E-state index contributed by atoms with van der Waals surface area (Å²) in [7, 11) is 0. The molecule has 0 aliphatic rings. The zero-order valence-corrected chi connectivity index (χ0v) is 19.0. The van der Waals surface area contributed by atoms with E-state index in [1.807, 2.05) is 68.4 Å². The topological polar surface area (TPSA) is 84.6 Å². The first-order valence-corrected chi connectivity index (χ1v) is 10.9. The first-order valence-electron chi connectivity index (χ1n) is 10.9. The minimum atomic E-state index is -0.293. The van der Waals surface area contributed by atoms with Crippen LogP contribution in [0.1, 0.15) is 36.1 Å². The number of nitrogen functional groups attached to an aromatic ring is 1. The first-order chi connectivity index (χ1) is 16.0. The Morgan fingerprint density at radius 2 is 1.76 bits per heavy atom. The Morgan fingerprint density at radius 1 is 1.03 bits per heavy atom. The molecule has 0 fully saturated rings. The molecule has 4 N–H and O–H groups in total. The second-order valence-electron chi connectivity index (χ2n) is 7.95. The van der Waals surface area contributed by atoms with Crippen molar-refractivity contribution in [2.75, 3.05) is 11.1 Å². The van der Waals surface area contributed by atoms with Gasteiger partial charge in [0, 0.05) is 17.2 Å². The molecule has 170 valence electrons. The van der Waals surface area contributed by atoms with Crippen LogP contribution in [-0.4, -0.2) is 11.0 Å². The average molecular weight is 443 g/mol. The van der Waals surface area contributed by atoms with Gasteiger partial charge < -0.3 is 20.9 Å². The lowest BCUT2D eigenvalue weighted by molar-refractivity contribution is -0.111. The lowest BCUT2D eigenvalue weighted by Gasteiger charge is -2.17. The number of anilines is 2. The molecule has 0 atom stereocenters. The molecule has 0 aliphatic carbocycles. The van der Waals surface area contributed by atoms with Crippen LogP contribution >= 0.6 is 0 Å². The van der Waals surface area contributed by atoms with Crippen LogP contribution in [0.15, 0.2) is 84.5 Å². The van der Waals surface area contributed by atoms with Crippen LogP contribution in [0.25, 0.3) is 6.08 Å².